The van der Waals surface area contributed by atoms with Crippen LogP contribution >= 0.6 is 11.9 Å². The SMILES string of the molecule is N#Cc1ccc(NSc2c[nH]c(-c3ccccc3F)c2)c(F)c1. The number of nitrogens with one attached hydrogen (secondary N) is 2. The third-order valence-corrected chi connectivity index (χ3v) is 3.99. The number of nitrogens with zero attached hydrogens (tertiary/aromatic N) is 1. The van der Waals surface area contributed by atoms with Crippen LogP contribution in [-0.2, 0) is 0 Å². The van der Waals surface area contributed by atoms with E-state index in [0.717, 1.165) is 4.90 Å². The monoisotopic (exact) mass is 327 g/mol. The van der Waals surface area contributed by atoms with Crippen LogP contribution in [0.5, 0.6) is 0 Å². The first-order chi connectivity index (χ1) is 11.2. The van der Waals surface area contributed by atoms with Gasteiger partial charge in [0.05, 0.1) is 17.3 Å². The summed E-state index contributed by atoms with van der Waals surface area (Å²) in [6.07, 6.45) is 1.71. The predicted molar refractivity (Wildman–Crippen MR) is 86.8 cm³/mol. The number of hydrogen-bond acceptors (Lipinski definition) is 3. The standard InChI is InChI=1S/C17H11F2N3S/c18-14-4-2-1-3-13(14)17-8-12(10-21-17)23-22-16-6-5-11(9-20)7-15(16)19/h1-8,10,21-22H. The Morgan fingerprint density at radius 2 is 1.87 bits per heavy atom. The number of rotatable bonds is 4. The minimum absolute atomic E-state index is 0.265. The molecule has 2 aromatic carbocycles. The van der Waals surface area contributed by atoms with E-state index in [2.05, 4.69) is 9.71 Å². The molecule has 1 aromatic heterocycles. The summed E-state index contributed by atoms with van der Waals surface area (Å²) in [5.74, 6) is -0.807. The Morgan fingerprint density at radius 3 is 2.61 bits per heavy atom. The minimum atomic E-state index is -0.499. The largest absolute Gasteiger partial charge is 0.360 e. The maximum atomic E-state index is 13.8. The van der Waals surface area contributed by atoms with Crippen LogP contribution in [-0.4, -0.2) is 4.98 Å². The summed E-state index contributed by atoms with van der Waals surface area (Å²) in [6.45, 7) is 0. The molecule has 0 saturated heterocycles. The number of hydrogen-bond donors (Lipinski definition) is 2. The van der Waals surface area contributed by atoms with E-state index in [9.17, 15) is 8.78 Å². The Labute approximate surface area is 136 Å². The summed E-state index contributed by atoms with van der Waals surface area (Å²) in [4.78, 5) is 3.78. The van der Waals surface area contributed by atoms with Crippen molar-refractivity contribution in [2.45, 2.75) is 4.90 Å². The molecule has 0 amide bonds. The van der Waals surface area contributed by atoms with Gasteiger partial charge in [-0.05, 0) is 48.3 Å². The molecule has 0 radical (unpaired) electrons. The van der Waals surface area contributed by atoms with Crippen LogP contribution in [0.25, 0.3) is 11.3 Å². The van der Waals surface area contributed by atoms with Crippen molar-refractivity contribution >= 4 is 17.6 Å². The van der Waals surface area contributed by atoms with Crippen LogP contribution in [0.3, 0.4) is 0 Å². The summed E-state index contributed by atoms with van der Waals surface area (Å²) in [6, 6.07) is 14.3. The van der Waals surface area contributed by atoms with Crippen molar-refractivity contribution in [2.24, 2.45) is 0 Å². The van der Waals surface area contributed by atoms with Crippen LogP contribution in [0.15, 0.2) is 59.6 Å². The Kier molecular flexibility index (Phi) is 4.31. The molecule has 3 aromatic rings. The first-order valence-electron chi connectivity index (χ1n) is 6.73. The third kappa shape index (κ3) is 3.35. The molecular formula is C17H11F2N3S. The molecule has 0 atom stereocenters. The van der Waals surface area contributed by atoms with Gasteiger partial charge in [-0.2, -0.15) is 5.26 Å². The Bertz CT molecular complexity index is 884. The number of aromatic amines is 1. The summed E-state index contributed by atoms with van der Waals surface area (Å²) in [7, 11) is 0. The molecule has 0 aliphatic rings. The molecule has 3 nitrogen and oxygen atoms in total. The number of H-pyrrole nitrogens is 1. The van der Waals surface area contributed by atoms with Gasteiger partial charge in [-0.1, -0.05) is 12.1 Å². The van der Waals surface area contributed by atoms with E-state index in [0.29, 0.717) is 11.3 Å². The molecule has 23 heavy (non-hydrogen) atoms. The van der Waals surface area contributed by atoms with Gasteiger partial charge in [-0.15, -0.1) is 0 Å². The van der Waals surface area contributed by atoms with Crippen molar-refractivity contribution in [1.29, 1.82) is 5.26 Å². The van der Waals surface area contributed by atoms with Crippen LogP contribution < -0.4 is 4.72 Å². The Hall–Kier alpha value is -2.78. The molecule has 2 N–H and O–H groups in total. The molecule has 0 unspecified atom stereocenters. The normalized spacial score (nSPS) is 10.3. The van der Waals surface area contributed by atoms with Gasteiger partial charge in [-0.3, -0.25) is 0 Å². The maximum absolute atomic E-state index is 13.8. The van der Waals surface area contributed by atoms with Gasteiger partial charge < -0.3 is 9.71 Å². The number of benzene rings is 2. The highest BCUT2D eigenvalue weighted by molar-refractivity contribution is 8.00. The molecule has 0 aliphatic heterocycles. The number of anilines is 1. The molecule has 0 bridgehead atoms. The molecule has 0 fully saturated rings. The van der Waals surface area contributed by atoms with Gasteiger partial charge >= 0.3 is 0 Å². The minimum Gasteiger partial charge on any atom is -0.360 e. The zero-order valence-corrected chi connectivity index (χ0v) is 12.6. The smallest absolute Gasteiger partial charge is 0.148 e. The van der Waals surface area contributed by atoms with E-state index >= 15 is 0 Å². The fourth-order valence-electron chi connectivity index (χ4n) is 2.05. The lowest BCUT2D eigenvalue weighted by Gasteiger charge is -2.05. The van der Waals surface area contributed by atoms with Gasteiger partial charge in [0.15, 0.2) is 0 Å². The summed E-state index contributed by atoms with van der Waals surface area (Å²) >= 11 is 1.20. The lowest BCUT2D eigenvalue weighted by Crippen LogP contribution is -1.91. The summed E-state index contributed by atoms with van der Waals surface area (Å²) in [5, 5.41) is 8.72. The number of halogens is 2. The molecule has 3 rings (SSSR count). The van der Waals surface area contributed by atoms with Gasteiger partial charge in [0.25, 0.3) is 0 Å². The van der Waals surface area contributed by atoms with Crippen LogP contribution in [0.4, 0.5) is 14.5 Å². The lowest BCUT2D eigenvalue weighted by molar-refractivity contribution is 0.631. The molecule has 0 aliphatic carbocycles. The second-order valence-electron chi connectivity index (χ2n) is 4.74. The van der Waals surface area contributed by atoms with Crippen molar-refractivity contribution in [3.05, 3.63) is 71.9 Å². The van der Waals surface area contributed by atoms with E-state index in [4.69, 9.17) is 5.26 Å². The first-order valence-corrected chi connectivity index (χ1v) is 7.55. The van der Waals surface area contributed by atoms with E-state index in [1.807, 2.05) is 6.07 Å². The second kappa shape index (κ2) is 6.55. The van der Waals surface area contributed by atoms with Gasteiger partial charge in [-0.25, -0.2) is 8.78 Å². The van der Waals surface area contributed by atoms with E-state index in [1.54, 1.807) is 30.5 Å². The van der Waals surface area contributed by atoms with Gasteiger partial charge in [0.2, 0.25) is 0 Å². The van der Waals surface area contributed by atoms with E-state index < -0.39 is 5.82 Å². The molecular weight excluding hydrogens is 316 g/mol. The van der Waals surface area contributed by atoms with Gasteiger partial charge in [0.1, 0.15) is 11.6 Å². The van der Waals surface area contributed by atoms with E-state index in [1.165, 1.54) is 36.2 Å². The highest BCUT2D eigenvalue weighted by Gasteiger charge is 2.08. The zero-order chi connectivity index (χ0) is 16.2. The quantitative estimate of drug-likeness (QED) is 0.667. The Balaban J connectivity index is 1.73. The fourth-order valence-corrected chi connectivity index (χ4v) is 2.74. The number of nitriles is 1. The van der Waals surface area contributed by atoms with Crippen molar-refractivity contribution < 1.29 is 8.78 Å². The molecule has 1 heterocycles. The van der Waals surface area contributed by atoms with Crippen LogP contribution in [0.1, 0.15) is 5.56 Å². The first kappa shape index (κ1) is 15.1. The average molecular weight is 327 g/mol. The Morgan fingerprint density at radius 1 is 1.04 bits per heavy atom. The molecule has 0 saturated carbocycles. The summed E-state index contributed by atoms with van der Waals surface area (Å²) in [5.41, 5.74) is 1.67. The average Bonchev–Trinajstić information content (AvgIpc) is 3.02. The molecule has 6 heteroatoms. The molecule has 114 valence electrons. The summed E-state index contributed by atoms with van der Waals surface area (Å²) < 4.78 is 30.4. The third-order valence-electron chi connectivity index (χ3n) is 3.20. The van der Waals surface area contributed by atoms with Crippen molar-refractivity contribution in [1.82, 2.24) is 4.98 Å². The fraction of sp³-hybridized carbons (Fsp3) is 0. The van der Waals surface area contributed by atoms with Crippen molar-refractivity contribution in [3.63, 3.8) is 0 Å². The topological polar surface area (TPSA) is 51.6 Å². The van der Waals surface area contributed by atoms with E-state index in [-0.39, 0.29) is 17.1 Å². The van der Waals surface area contributed by atoms with Crippen LogP contribution in [0.2, 0.25) is 0 Å². The van der Waals surface area contributed by atoms with Crippen molar-refractivity contribution in [3.8, 4) is 17.3 Å². The lowest BCUT2D eigenvalue weighted by atomic mass is 10.1. The van der Waals surface area contributed by atoms with Crippen LogP contribution in [0, 0.1) is 23.0 Å². The van der Waals surface area contributed by atoms with Crippen molar-refractivity contribution in [2.75, 3.05) is 4.72 Å². The predicted octanol–water partition coefficient (Wildman–Crippen LogP) is 4.95. The molecule has 0 spiro atoms. The highest BCUT2D eigenvalue weighted by atomic mass is 32.2. The second-order valence-corrected chi connectivity index (χ2v) is 5.62. The number of aromatic nitrogens is 1. The zero-order valence-electron chi connectivity index (χ0n) is 11.8. The highest BCUT2D eigenvalue weighted by Crippen LogP contribution is 2.28. The van der Waals surface area contributed by atoms with Gasteiger partial charge in [0, 0.05) is 22.3 Å². The maximum Gasteiger partial charge on any atom is 0.148 e.